The number of hydrogen-bond acceptors (Lipinski definition) is 2. The smallest absolute Gasteiger partial charge is 0.258 e. The fourth-order valence-corrected chi connectivity index (χ4v) is 2.50. The van der Waals surface area contributed by atoms with Crippen LogP contribution >= 0.6 is 0 Å². The largest absolute Gasteiger partial charge is 0.356 e. The first-order valence-electron chi connectivity index (χ1n) is 8.61. The lowest BCUT2D eigenvalue weighted by Gasteiger charge is -2.23. The molecule has 0 heterocycles. The Morgan fingerprint density at radius 1 is 0.962 bits per heavy atom. The molecule has 0 saturated heterocycles. The Balaban J connectivity index is 2.09. The molecule has 0 saturated carbocycles. The Hall–Kier alpha value is -2.76. The maximum Gasteiger partial charge on any atom is 0.258 e. The average molecular weight is 360 g/mol. The van der Waals surface area contributed by atoms with Gasteiger partial charge in [-0.1, -0.05) is 6.92 Å². The second-order valence-electron chi connectivity index (χ2n) is 5.89. The molecule has 0 atom stereocenters. The van der Waals surface area contributed by atoms with Gasteiger partial charge in [0.1, 0.15) is 11.6 Å². The van der Waals surface area contributed by atoms with Gasteiger partial charge in [0.05, 0.1) is 0 Å². The van der Waals surface area contributed by atoms with Gasteiger partial charge in [-0.25, -0.2) is 8.78 Å². The Kier molecular flexibility index (Phi) is 7.26. The van der Waals surface area contributed by atoms with Crippen LogP contribution in [0.15, 0.2) is 48.5 Å². The molecule has 2 rings (SSSR count). The van der Waals surface area contributed by atoms with Gasteiger partial charge >= 0.3 is 0 Å². The van der Waals surface area contributed by atoms with Crippen LogP contribution in [-0.4, -0.2) is 24.9 Å². The molecule has 2 aromatic carbocycles. The molecule has 4 nitrogen and oxygen atoms in total. The molecule has 2 amide bonds. The van der Waals surface area contributed by atoms with Crippen molar-refractivity contribution in [1.29, 1.82) is 0 Å². The van der Waals surface area contributed by atoms with Gasteiger partial charge in [0.2, 0.25) is 5.91 Å². The van der Waals surface area contributed by atoms with Gasteiger partial charge in [0, 0.05) is 30.8 Å². The van der Waals surface area contributed by atoms with Crippen molar-refractivity contribution in [2.75, 3.05) is 18.0 Å². The van der Waals surface area contributed by atoms with E-state index in [9.17, 15) is 18.4 Å². The van der Waals surface area contributed by atoms with E-state index in [0.717, 1.165) is 6.42 Å². The van der Waals surface area contributed by atoms with Gasteiger partial charge < -0.3 is 10.2 Å². The number of hydrogen-bond donors (Lipinski definition) is 1. The van der Waals surface area contributed by atoms with Crippen molar-refractivity contribution < 1.29 is 18.4 Å². The van der Waals surface area contributed by atoms with Crippen molar-refractivity contribution in [2.24, 2.45) is 0 Å². The van der Waals surface area contributed by atoms with Crippen LogP contribution in [0.3, 0.4) is 0 Å². The molecule has 0 aromatic heterocycles. The van der Waals surface area contributed by atoms with Crippen molar-refractivity contribution in [2.45, 2.75) is 26.2 Å². The van der Waals surface area contributed by atoms with Crippen molar-refractivity contribution in [3.05, 3.63) is 65.7 Å². The van der Waals surface area contributed by atoms with Crippen LogP contribution in [0.5, 0.6) is 0 Å². The first kappa shape index (κ1) is 19.6. The molecule has 0 aliphatic carbocycles. The summed E-state index contributed by atoms with van der Waals surface area (Å²) in [5.41, 5.74) is 0.881. The number of anilines is 1. The normalized spacial score (nSPS) is 10.4. The minimum absolute atomic E-state index is 0.0225. The molecule has 26 heavy (non-hydrogen) atoms. The molecule has 6 heteroatoms. The lowest BCUT2D eigenvalue weighted by Crippen LogP contribution is -2.34. The standard InChI is InChI=1S/C20H22F2N2O2/c1-2-4-19(25)23-13-3-14-24(18-11-9-17(22)10-12-18)20(26)15-5-7-16(21)8-6-15/h5-12H,2-4,13-14H2,1H3,(H,23,25). The fourth-order valence-electron chi connectivity index (χ4n) is 2.50. The zero-order valence-corrected chi connectivity index (χ0v) is 14.7. The second-order valence-corrected chi connectivity index (χ2v) is 5.89. The Bertz CT molecular complexity index is 730. The summed E-state index contributed by atoms with van der Waals surface area (Å²) in [5, 5.41) is 2.80. The summed E-state index contributed by atoms with van der Waals surface area (Å²) in [6, 6.07) is 10.9. The summed E-state index contributed by atoms with van der Waals surface area (Å²) in [6.07, 6.45) is 1.78. The van der Waals surface area contributed by atoms with E-state index in [1.54, 1.807) is 0 Å². The lowest BCUT2D eigenvalue weighted by atomic mass is 10.1. The number of benzene rings is 2. The van der Waals surface area contributed by atoms with Crippen LogP contribution in [0.1, 0.15) is 36.5 Å². The van der Waals surface area contributed by atoms with Crippen LogP contribution in [0.4, 0.5) is 14.5 Å². The number of amides is 2. The zero-order chi connectivity index (χ0) is 18.9. The highest BCUT2D eigenvalue weighted by molar-refractivity contribution is 6.06. The van der Waals surface area contributed by atoms with Crippen LogP contribution in [0, 0.1) is 11.6 Å². The molecule has 1 N–H and O–H groups in total. The molecule has 0 unspecified atom stereocenters. The molecule has 0 bridgehead atoms. The quantitative estimate of drug-likeness (QED) is 0.726. The van der Waals surface area contributed by atoms with Crippen molar-refractivity contribution in [3.63, 3.8) is 0 Å². The number of carbonyl (C=O) groups excluding carboxylic acids is 2. The van der Waals surface area contributed by atoms with Crippen molar-refractivity contribution >= 4 is 17.5 Å². The van der Waals surface area contributed by atoms with Crippen LogP contribution < -0.4 is 10.2 Å². The molecule has 0 aliphatic heterocycles. The van der Waals surface area contributed by atoms with Gasteiger partial charge in [-0.3, -0.25) is 9.59 Å². The summed E-state index contributed by atoms with van der Waals surface area (Å²) < 4.78 is 26.3. The van der Waals surface area contributed by atoms with E-state index in [1.165, 1.54) is 53.4 Å². The third-order valence-electron chi connectivity index (χ3n) is 3.83. The predicted octanol–water partition coefficient (Wildman–Crippen LogP) is 3.92. The highest BCUT2D eigenvalue weighted by atomic mass is 19.1. The summed E-state index contributed by atoms with van der Waals surface area (Å²) in [4.78, 5) is 25.8. The Labute approximate surface area is 151 Å². The molecule has 0 aliphatic rings. The zero-order valence-electron chi connectivity index (χ0n) is 14.7. The molecule has 2 aromatic rings. The summed E-state index contributed by atoms with van der Waals surface area (Å²) in [6.45, 7) is 2.71. The first-order chi connectivity index (χ1) is 12.5. The molecule has 0 fully saturated rings. The van der Waals surface area contributed by atoms with Crippen molar-refractivity contribution in [3.8, 4) is 0 Å². The van der Waals surface area contributed by atoms with Crippen LogP contribution in [0.2, 0.25) is 0 Å². The van der Waals surface area contributed by atoms with E-state index in [0.29, 0.717) is 37.2 Å². The van der Waals surface area contributed by atoms with Gasteiger partial charge in [0.25, 0.3) is 5.91 Å². The molecular weight excluding hydrogens is 338 g/mol. The Morgan fingerprint density at radius 2 is 1.54 bits per heavy atom. The fraction of sp³-hybridized carbons (Fsp3) is 0.300. The van der Waals surface area contributed by atoms with E-state index >= 15 is 0 Å². The van der Waals surface area contributed by atoms with E-state index in [2.05, 4.69) is 5.32 Å². The lowest BCUT2D eigenvalue weighted by molar-refractivity contribution is -0.121. The third-order valence-corrected chi connectivity index (χ3v) is 3.83. The third kappa shape index (κ3) is 5.65. The average Bonchev–Trinajstić information content (AvgIpc) is 2.63. The number of rotatable bonds is 8. The predicted molar refractivity (Wildman–Crippen MR) is 97.0 cm³/mol. The number of halogens is 2. The minimum Gasteiger partial charge on any atom is -0.356 e. The second kappa shape index (κ2) is 9.65. The van der Waals surface area contributed by atoms with Gasteiger partial charge in [-0.15, -0.1) is 0 Å². The van der Waals surface area contributed by atoms with Crippen LogP contribution in [-0.2, 0) is 4.79 Å². The summed E-state index contributed by atoms with van der Waals surface area (Å²) >= 11 is 0. The number of nitrogens with zero attached hydrogens (tertiary/aromatic N) is 1. The first-order valence-corrected chi connectivity index (χ1v) is 8.61. The van der Waals surface area contributed by atoms with Gasteiger partial charge in [-0.2, -0.15) is 0 Å². The highest BCUT2D eigenvalue weighted by Gasteiger charge is 2.17. The monoisotopic (exact) mass is 360 g/mol. The van der Waals surface area contributed by atoms with E-state index in [-0.39, 0.29) is 11.8 Å². The molecule has 0 spiro atoms. The van der Waals surface area contributed by atoms with E-state index < -0.39 is 11.6 Å². The van der Waals surface area contributed by atoms with Gasteiger partial charge in [-0.05, 0) is 61.4 Å². The number of carbonyl (C=O) groups is 2. The summed E-state index contributed by atoms with van der Waals surface area (Å²) in [7, 11) is 0. The minimum atomic E-state index is -0.423. The SMILES string of the molecule is CCCC(=O)NCCCN(C(=O)c1ccc(F)cc1)c1ccc(F)cc1. The van der Waals surface area contributed by atoms with E-state index in [1.807, 2.05) is 6.92 Å². The maximum absolute atomic E-state index is 13.2. The van der Waals surface area contributed by atoms with Crippen LogP contribution in [0.25, 0.3) is 0 Å². The topological polar surface area (TPSA) is 49.4 Å². The molecule has 0 radical (unpaired) electrons. The van der Waals surface area contributed by atoms with E-state index in [4.69, 9.17) is 0 Å². The molecular formula is C20H22F2N2O2. The highest BCUT2D eigenvalue weighted by Crippen LogP contribution is 2.18. The number of nitrogens with one attached hydrogen (secondary N) is 1. The van der Waals surface area contributed by atoms with Crippen molar-refractivity contribution in [1.82, 2.24) is 5.32 Å². The molecule has 138 valence electrons. The maximum atomic E-state index is 13.2. The summed E-state index contributed by atoms with van der Waals surface area (Å²) in [5.74, 6) is -1.15. The van der Waals surface area contributed by atoms with Gasteiger partial charge in [0.15, 0.2) is 0 Å². The Morgan fingerprint density at radius 3 is 2.12 bits per heavy atom.